The van der Waals surface area contributed by atoms with Crippen molar-refractivity contribution >= 4 is 34.9 Å². The highest BCUT2D eigenvalue weighted by Crippen LogP contribution is 2.40. The molecule has 0 unspecified atom stereocenters. The number of thiazole rings is 1. The largest absolute Gasteiger partial charge is 0.497 e. The Morgan fingerprint density at radius 3 is 2.56 bits per heavy atom. The monoisotopic (exact) mass is 524 g/mol. The molecule has 0 amide bonds. The van der Waals surface area contributed by atoms with Crippen LogP contribution in [0.2, 0.25) is 0 Å². The summed E-state index contributed by atoms with van der Waals surface area (Å²) >= 11 is 3.36. The maximum absolute atomic E-state index is 11.4. The third kappa shape index (κ3) is 6.45. The van der Waals surface area contributed by atoms with Crippen molar-refractivity contribution in [1.29, 1.82) is 0 Å². The molecule has 0 spiro atoms. The van der Waals surface area contributed by atoms with Crippen molar-refractivity contribution in [3.63, 3.8) is 0 Å². The Balaban J connectivity index is 0.00000115. The van der Waals surface area contributed by atoms with Crippen molar-refractivity contribution in [3.8, 4) is 22.1 Å². The molecule has 36 heavy (non-hydrogen) atoms. The molecule has 2 aromatic heterocycles. The van der Waals surface area contributed by atoms with Crippen LogP contribution in [0.4, 0.5) is 5.69 Å². The zero-order valence-corrected chi connectivity index (χ0v) is 21.8. The molecule has 0 aliphatic heterocycles. The average Bonchev–Trinajstić information content (AvgIpc) is 3.43. The number of aryl methyl sites for hydroxylation is 1. The molecule has 9 nitrogen and oxygen atoms in total. The zero-order valence-electron chi connectivity index (χ0n) is 20.1. The number of ether oxygens (including phenoxy) is 1. The van der Waals surface area contributed by atoms with Gasteiger partial charge in [-0.1, -0.05) is 55.5 Å². The van der Waals surface area contributed by atoms with Crippen molar-refractivity contribution in [2.75, 3.05) is 7.11 Å². The summed E-state index contributed by atoms with van der Waals surface area (Å²) < 4.78 is 8.28. The van der Waals surface area contributed by atoms with Crippen LogP contribution in [0, 0.1) is 17.0 Å². The molecule has 0 aliphatic rings. The van der Waals surface area contributed by atoms with Crippen LogP contribution in [0.3, 0.4) is 0 Å². The lowest BCUT2D eigenvalue weighted by Gasteiger charge is -2.06. The Bertz CT molecular complexity index is 1390. The van der Waals surface area contributed by atoms with Gasteiger partial charge in [-0.3, -0.25) is 10.1 Å². The molecule has 4 aromatic rings. The highest BCUT2D eigenvalue weighted by molar-refractivity contribution is 8.01. The number of benzene rings is 2. The smallest absolute Gasteiger partial charge is 0.373 e. The molecular formula is C25H24N4O5S2. The fourth-order valence-corrected chi connectivity index (χ4v) is 5.90. The van der Waals surface area contributed by atoms with Gasteiger partial charge in [0.1, 0.15) is 5.75 Å². The first-order chi connectivity index (χ1) is 17.3. The van der Waals surface area contributed by atoms with Crippen molar-refractivity contribution in [1.82, 2.24) is 14.8 Å². The normalized spacial score (nSPS) is 10.5. The van der Waals surface area contributed by atoms with Gasteiger partial charge in [0.25, 0.3) is 5.69 Å². The van der Waals surface area contributed by atoms with E-state index in [2.05, 4.69) is 18.9 Å². The number of nitrogens with zero attached hydrogens (tertiary/aromatic N) is 4. The Morgan fingerprint density at radius 2 is 1.89 bits per heavy atom. The number of methoxy groups -OCH3 is 1. The van der Waals surface area contributed by atoms with E-state index >= 15 is 0 Å². The Hall–Kier alpha value is -3.79. The molecule has 2 heterocycles. The standard InChI is InChI=1S/C24H24N4O3S2.CO2/c1-15(2)32-23-22(18-9-7-10-20(13-18)31-4)25-24(33-23)27-14-19(16(3)26-27)12-17-8-5-6-11-21(17)28(29)30;2-1-3/h5-11,13-15H,12H2,1-4H3;. The Kier molecular flexibility index (Phi) is 9.13. The summed E-state index contributed by atoms with van der Waals surface area (Å²) in [7, 11) is 1.65. The van der Waals surface area contributed by atoms with Crippen molar-refractivity contribution < 1.29 is 19.2 Å². The number of rotatable bonds is 8. The minimum atomic E-state index is -0.342. The fraction of sp³-hybridized carbons (Fsp3) is 0.240. The highest BCUT2D eigenvalue weighted by Gasteiger charge is 2.20. The lowest BCUT2D eigenvalue weighted by Crippen LogP contribution is -1.96. The lowest BCUT2D eigenvalue weighted by atomic mass is 10.0. The maximum Gasteiger partial charge on any atom is 0.373 e. The molecule has 2 aromatic carbocycles. The number of para-hydroxylation sites is 1. The van der Waals surface area contributed by atoms with E-state index in [9.17, 15) is 10.1 Å². The summed E-state index contributed by atoms with van der Waals surface area (Å²) in [6.45, 7) is 6.23. The number of hydrogen-bond donors (Lipinski definition) is 0. The maximum atomic E-state index is 11.4. The second kappa shape index (κ2) is 12.3. The molecule has 0 saturated carbocycles. The summed E-state index contributed by atoms with van der Waals surface area (Å²) in [5.41, 5.74) is 4.43. The number of nitro groups is 1. The predicted molar refractivity (Wildman–Crippen MR) is 138 cm³/mol. The summed E-state index contributed by atoms with van der Waals surface area (Å²) in [6.07, 6.45) is 2.61. The molecule has 0 bridgehead atoms. The van der Waals surface area contributed by atoms with Gasteiger partial charge >= 0.3 is 6.15 Å². The van der Waals surface area contributed by atoms with Crippen molar-refractivity contribution in [2.45, 2.75) is 36.7 Å². The number of nitro benzene ring substituents is 1. The third-order valence-corrected chi connectivity index (χ3v) is 7.29. The zero-order chi connectivity index (χ0) is 26.2. The molecule has 4 rings (SSSR count). The quantitative estimate of drug-likeness (QED) is 0.163. The second-order valence-corrected chi connectivity index (χ2v) is 10.7. The highest BCUT2D eigenvalue weighted by atomic mass is 32.2. The molecule has 186 valence electrons. The van der Waals surface area contributed by atoms with Gasteiger partial charge in [0, 0.05) is 35.1 Å². The molecule has 0 N–H and O–H groups in total. The van der Waals surface area contributed by atoms with Crippen molar-refractivity contribution in [2.24, 2.45) is 0 Å². The van der Waals surface area contributed by atoms with Gasteiger partial charge in [0.2, 0.25) is 5.13 Å². The lowest BCUT2D eigenvalue weighted by molar-refractivity contribution is -0.385. The minimum absolute atomic E-state index is 0.120. The Labute approximate surface area is 216 Å². The van der Waals surface area contributed by atoms with Crippen LogP contribution in [0.15, 0.2) is 58.9 Å². The molecule has 0 saturated heterocycles. The van der Waals surface area contributed by atoms with Crippen LogP contribution in [0.5, 0.6) is 5.75 Å². The molecule has 0 aliphatic carbocycles. The van der Waals surface area contributed by atoms with Crippen LogP contribution in [0.1, 0.15) is 30.7 Å². The number of hydrogen-bond acceptors (Lipinski definition) is 9. The van der Waals surface area contributed by atoms with Crippen LogP contribution in [0.25, 0.3) is 16.4 Å². The fourth-order valence-electron chi connectivity index (χ4n) is 3.45. The molecule has 0 fully saturated rings. The van der Waals surface area contributed by atoms with E-state index in [1.807, 2.05) is 43.5 Å². The van der Waals surface area contributed by atoms with E-state index in [0.29, 0.717) is 17.2 Å². The van der Waals surface area contributed by atoms with E-state index in [1.165, 1.54) is 6.07 Å². The van der Waals surface area contributed by atoms with Crippen LogP contribution < -0.4 is 4.74 Å². The first-order valence-corrected chi connectivity index (χ1v) is 12.6. The van der Waals surface area contributed by atoms with E-state index in [-0.39, 0.29) is 16.8 Å². The molecule has 0 atom stereocenters. The van der Waals surface area contributed by atoms with E-state index in [1.54, 1.807) is 47.0 Å². The first kappa shape index (κ1) is 26.8. The van der Waals surface area contributed by atoms with E-state index in [0.717, 1.165) is 37.6 Å². The van der Waals surface area contributed by atoms with Crippen molar-refractivity contribution in [3.05, 3.63) is 81.7 Å². The predicted octanol–water partition coefficient (Wildman–Crippen LogP) is 5.73. The van der Waals surface area contributed by atoms with E-state index in [4.69, 9.17) is 19.3 Å². The third-order valence-electron chi connectivity index (χ3n) is 5.04. The summed E-state index contributed by atoms with van der Waals surface area (Å²) in [4.78, 5) is 32.2. The SMILES string of the molecule is COc1cccc(-c2nc(-n3cc(Cc4ccccc4[N+](=O)[O-])c(C)n3)sc2SC(C)C)c1.O=C=O. The second-order valence-electron chi connectivity index (χ2n) is 7.86. The summed E-state index contributed by atoms with van der Waals surface area (Å²) in [6, 6.07) is 14.7. The van der Waals surface area contributed by atoms with Gasteiger partial charge < -0.3 is 4.74 Å². The minimum Gasteiger partial charge on any atom is -0.497 e. The molecule has 11 heteroatoms. The van der Waals surface area contributed by atoms with E-state index < -0.39 is 0 Å². The van der Waals surface area contributed by atoms with Gasteiger partial charge in [-0.15, -0.1) is 11.8 Å². The number of aromatic nitrogens is 3. The number of thioether (sulfide) groups is 1. The van der Waals surface area contributed by atoms with Crippen LogP contribution >= 0.6 is 23.1 Å². The van der Waals surface area contributed by atoms with Gasteiger partial charge in [0.15, 0.2) is 0 Å². The molecule has 0 radical (unpaired) electrons. The molecular weight excluding hydrogens is 500 g/mol. The summed E-state index contributed by atoms with van der Waals surface area (Å²) in [5, 5.41) is 17.2. The van der Waals surface area contributed by atoms with Gasteiger partial charge in [-0.25, -0.2) is 9.67 Å². The first-order valence-electron chi connectivity index (χ1n) is 10.9. The van der Waals surface area contributed by atoms with Gasteiger partial charge in [-0.05, 0) is 24.6 Å². The number of carbonyl (C=O) groups excluding carboxylic acids is 2. The van der Waals surface area contributed by atoms with Gasteiger partial charge in [0.05, 0.1) is 27.6 Å². The Morgan fingerprint density at radius 1 is 1.17 bits per heavy atom. The van der Waals surface area contributed by atoms with Crippen LogP contribution in [-0.4, -0.2) is 38.2 Å². The average molecular weight is 525 g/mol. The van der Waals surface area contributed by atoms with Crippen LogP contribution in [-0.2, 0) is 16.0 Å². The van der Waals surface area contributed by atoms with Gasteiger partial charge in [-0.2, -0.15) is 14.7 Å². The topological polar surface area (TPSA) is 117 Å². The summed E-state index contributed by atoms with van der Waals surface area (Å²) in [5.74, 6) is 0.782.